The number of ether oxygens (including phenoxy) is 1. The number of aromatic nitrogens is 3. The van der Waals surface area contributed by atoms with Crippen molar-refractivity contribution in [3.8, 4) is 11.5 Å². The van der Waals surface area contributed by atoms with E-state index in [2.05, 4.69) is 25.7 Å². The second kappa shape index (κ2) is 5.63. The van der Waals surface area contributed by atoms with E-state index in [1.807, 2.05) is 0 Å². The van der Waals surface area contributed by atoms with Crippen LogP contribution in [0.2, 0.25) is 0 Å². The van der Waals surface area contributed by atoms with Crippen LogP contribution in [0.4, 0.5) is 5.82 Å². The first-order valence-corrected chi connectivity index (χ1v) is 5.27. The van der Waals surface area contributed by atoms with Crippen molar-refractivity contribution < 1.29 is 9.84 Å². The van der Waals surface area contributed by atoms with Crippen LogP contribution in [-0.2, 0) is 0 Å². The van der Waals surface area contributed by atoms with E-state index < -0.39 is 5.69 Å². The van der Waals surface area contributed by atoms with Gasteiger partial charge in [-0.05, 0) is 12.1 Å². The molecule has 1 heterocycles. The molecule has 0 aliphatic rings. The molecular weight excluding hydrogens is 250 g/mol. The lowest BCUT2D eigenvalue weighted by molar-refractivity contribution is 0.373. The van der Waals surface area contributed by atoms with Gasteiger partial charge in [-0.15, -0.1) is 0 Å². The number of rotatable bonds is 4. The summed E-state index contributed by atoms with van der Waals surface area (Å²) in [5.74, 6) is 0.523. The normalized spacial score (nSPS) is 10.6. The number of methoxy groups -OCH3 is 1. The van der Waals surface area contributed by atoms with Gasteiger partial charge in [-0.1, -0.05) is 6.07 Å². The molecule has 1 aromatic carbocycles. The fourth-order valence-corrected chi connectivity index (χ4v) is 1.34. The van der Waals surface area contributed by atoms with Gasteiger partial charge in [-0.2, -0.15) is 15.2 Å². The van der Waals surface area contributed by atoms with Gasteiger partial charge in [0.1, 0.15) is 0 Å². The number of benzene rings is 1. The van der Waals surface area contributed by atoms with Crippen LogP contribution < -0.4 is 15.9 Å². The molecule has 0 atom stereocenters. The zero-order valence-corrected chi connectivity index (χ0v) is 9.99. The van der Waals surface area contributed by atoms with E-state index in [-0.39, 0.29) is 11.6 Å². The Balaban J connectivity index is 2.13. The predicted octanol–water partition coefficient (Wildman–Crippen LogP) is 0.325. The van der Waals surface area contributed by atoms with E-state index in [4.69, 9.17) is 4.74 Å². The lowest BCUT2D eigenvalue weighted by atomic mass is 10.2. The first-order valence-electron chi connectivity index (χ1n) is 5.27. The monoisotopic (exact) mass is 261 g/mol. The molecule has 0 aliphatic carbocycles. The average Bonchev–Trinajstić information content (AvgIpc) is 2.41. The molecule has 19 heavy (non-hydrogen) atoms. The first-order chi connectivity index (χ1) is 9.20. The van der Waals surface area contributed by atoms with Crippen molar-refractivity contribution in [1.82, 2.24) is 15.2 Å². The summed E-state index contributed by atoms with van der Waals surface area (Å²) in [5, 5.41) is 19.3. The fourth-order valence-electron chi connectivity index (χ4n) is 1.34. The van der Waals surface area contributed by atoms with Gasteiger partial charge in [-0.3, -0.25) is 5.43 Å². The van der Waals surface area contributed by atoms with Crippen LogP contribution in [0.3, 0.4) is 0 Å². The van der Waals surface area contributed by atoms with Crippen molar-refractivity contribution in [3.63, 3.8) is 0 Å². The number of aromatic amines is 1. The summed E-state index contributed by atoms with van der Waals surface area (Å²) in [7, 11) is 1.46. The number of H-pyrrole nitrogens is 1. The van der Waals surface area contributed by atoms with E-state index in [1.54, 1.807) is 18.2 Å². The van der Waals surface area contributed by atoms with Crippen LogP contribution in [0.25, 0.3) is 0 Å². The first kappa shape index (κ1) is 12.6. The average molecular weight is 261 g/mol. The van der Waals surface area contributed by atoms with Gasteiger partial charge >= 0.3 is 5.69 Å². The molecule has 0 saturated heterocycles. The number of hydrogen-bond acceptors (Lipinski definition) is 7. The Morgan fingerprint density at radius 2 is 2.37 bits per heavy atom. The highest BCUT2D eigenvalue weighted by atomic mass is 16.5. The molecule has 98 valence electrons. The summed E-state index contributed by atoms with van der Waals surface area (Å²) in [6.07, 6.45) is 2.69. The molecule has 0 saturated carbocycles. The number of hydrazone groups is 1. The lowest BCUT2D eigenvalue weighted by Gasteiger charge is -2.04. The summed E-state index contributed by atoms with van der Waals surface area (Å²) in [4.78, 5) is 14.5. The van der Waals surface area contributed by atoms with Gasteiger partial charge in [0, 0.05) is 5.56 Å². The molecule has 8 heteroatoms. The molecule has 0 spiro atoms. The van der Waals surface area contributed by atoms with Gasteiger partial charge < -0.3 is 9.84 Å². The second-order valence-corrected chi connectivity index (χ2v) is 3.44. The van der Waals surface area contributed by atoms with Crippen LogP contribution in [0.15, 0.2) is 34.3 Å². The summed E-state index contributed by atoms with van der Waals surface area (Å²) < 4.78 is 4.97. The quantitative estimate of drug-likeness (QED) is 0.540. The molecule has 8 nitrogen and oxygen atoms in total. The number of nitrogens with zero attached hydrogens (tertiary/aromatic N) is 3. The Morgan fingerprint density at radius 3 is 3.11 bits per heavy atom. The number of phenols is 1. The smallest absolute Gasteiger partial charge is 0.363 e. The number of para-hydroxylation sites is 1. The highest BCUT2D eigenvalue weighted by molar-refractivity contribution is 5.85. The van der Waals surface area contributed by atoms with E-state index >= 15 is 0 Å². The zero-order chi connectivity index (χ0) is 13.7. The molecule has 0 amide bonds. The van der Waals surface area contributed by atoms with Crippen molar-refractivity contribution in [2.45, 2.75) is 0 Å². The highest BCUT2D eigenvalue weighted by Crippen LogP contribution is 2.27. The minimum Gasteiger partial charge on any atom is -0.504 e. The summed E-state index contributed by atoms with van der Waals surface area (Å²) in [6, 6.07) is 5.00. The lowest BCUT2D eigenvalue weighted by Crippen LogP contribution is -2.13. The zero-order valence-electron chi connectivity index (χ0n) is 9.99. The maximum absolute atomic E-state index is 10.9. The van der Waals surface area contributed by atoms with Gasteiger partial charge in [0.15, 0.2) is 17.3 Å². The third-order valence-electron chi connectivity index (χ3n) is 2.20. The Kier molecular flexibility index (Phi) is 3.72. The maximum atomic E-state index is 10.9. The van der Waals surface area contributed by atoms with E-state index in [0.717, 1.165) is 0 Å². The van der Waals surface area contributed by atoms with Crippen molar-refractivity contribution in [1.29, 1.82) is 0 Å². The second-order valence-electron chi connectivity index (χ2n) is 3.44. The van der Waals surface area contributed by atoms with E-state index in [1.165, 1.54) is 19.5 Å². The Labute approximate surface area is 107 Å². The van der Waals surface area contributed by atoms with Crippen LogP contribution in [-0.4, -0.2) is 33.6 Å². The summed E-state index contributed by atoms with van der Waals surface area (Å²) in [6.45, 7) is 0. The Hall–Kier alpha value is -2.90. The SMILES string of the molecule is COc1cccc(/C=N/Nc2cn[nH]c(=O)n2)c1O. The molecule has 0 bridgehead atoms. The predicted molar refractivity (Wildman–Crippen MR) is 68.5 cm³/mol. The standard InChI is InChI=1S/C11H11N5O3/c1-19-8-4-2-3-7(10(8)17)5-12-15-9-6-13-16-11(18)14-9/h2-6,17H,1H3,(H2,14,15,16,18)/b12-5+. The minimum absolute atomic E-state index is 0.0208. The molecule has 0 aliphatic heterocycles. The number of phenolic OH excluding ortho intramolecular Hbond substituents is 1. The largest absolute Gasteiger partial charge is 0.504 e. The fraction of sp³-hybridized carbons (Fsp3) is 0.0909. The van der Waals surface area contributed by atoms with Crippen molar-refractivity contribution in [2.24, 2.45) is 5.10 Å². The molecule has 0 radical (unpaired) electrons. The molecule has 2 aromatic rings. The van der Waals surface area contributed by atoms with Crippen molar-refractivity contribution in [2.75, 3.05) is 12.5 Å². The van der Waals surface area contributed by atoms with Gasteiger partial charge in [-0.25, -0.2) is 9.89 Å². The van der Waals surface area contributed by atoms with E-state index in [0.29, 0.717) is 11.3 Å². The molecular formula is C11H11N5O3. The van der Waals surface area contributed by atoms with Crippen LogP contribution in [0, 0.1) is 0 Å². The van der Waals surface area contributed by atoms with Crippen molar-refractivity contribution >= 4 is 12.0 Å². The summed E-state index contributed by atoms with van der Waals surface area (Å²) >= 11 is 0. The molecule has 0 unspecified atom stereocenters. The van der Waals surface area contributed by atoms with Crippen LogP contribution in [0.1, 0.15) is 5.56 Å². The van der Waals surface area contributed by atoms with Gasteiger partial charge in [0.05, 0.1) is 19.5 Å². The summed E-state index contributed by atoms with van der Waals surface area (Å²) in [5.41, 5.74) is 2.41. The Morgan fingerprint density at radius 1 is 1.53 bits per heavy atom. The van der Waals surface area contributed by atoms with Gasteiger partial charge in [0.25, 0.3) is 0 Å². The van der Waals surface area contributed by atoms with Crippen molar-refractivity contribution in [3.05, 3.63) is 40.4 Å². The van der Waals surface area contributed by atoms with Gasteiger partial charge in [0.2, 0.25) is 0 Å². The minimum atomic E-state index is -0.579. The topological polar surface area (TPSA) is 112 Å². The molecule has 3 N–H and O–H groups in total. The number of nitrogens with one attached hydrogen (secondary N) is 2. The molecule has 0 fully saturated rings. The van der Waals surface area contributed by atoms with Crippen LogP contribution >= 0.6 is 0 Å². The number of aromatic hydroxyl groups is 1. The number of anilines is 1. The maximum Gasteiger partial charge on any atom is 0.363 e. The Bertz CT molecular complexity index is 653. The molecule has 2 rings (SSSR count). The third-order valence-corrected chi connectivity index (χ3v) is 2.20. The third kappa shape index (κ3) is 3.06. The van der Waals surface area contributed by atoms with Crippen LogP contribution in [0.5, 0.6) is 11.5 Å². The highest BCUT2D eigenvalue weighted by Gasteiger charge is 2.04. The number of hydrogen-bond donors (Lipinski definition) is 3. The molecule has 1 aromatic heterocycles. The van der Waals surface area contributed by atoms with E-state index in [9.17, 15) is 9.90 Å².